The Morgan fingerprint density at radius 2 is 2.27 bits per heavy atom. The normalized spacial score (nSPS) is 18.3. The maximum atomic E-state index is 5.87. The van der Waals surface area contributed by atoms with Gasteiger partial charge in [-0.1, -0.05) is 18.5 Å². The first kappa shape index (κ1) is 11.2. The first-order chi connectivity index (χ1) is 7.09. The van der Waals surface area contributed by atoms with Crippen LogP contribution in [0.3, 0.4) is 0 Å². The molecule has 0 atom stereocenters. The van der Waals surface area contributed by atoms with Gasteiger partial charge in [-0.25, -0.2) is 0 Å². The lowest BCUT2D eigenvalue weighted by molar-refractivity contribution is -0.0924. The lowest BCUT2D eigenvalue weighted by atomic mass is 9.89. The standard InChI is InChI=1S/C11H13BrClNO/c1-11(6-15-7-11)5-14-10-3-2-8(13)4-9(10)12/h2-4,14H,5-7H2,1H3. The van der Waals surface area contributed by atoms with Gasteiger partial charge in [0.25, 0.3) is 0 Å². The molecule has 0 spiro atoms. The number of benzene rings is 1. The fourth-order valence-electron chi connectivity index (χ4n) is 1.49. The molecule has 0 amide bonds. The Labute approximate surface area is 103 Å². The van der Waals surface area contributed by atoms with Gasteiger partial charge < -0.3 is 10.1 Å². The van der Waals surface area contributed by atoms with E-state index in [-0.39, 0.29) is 5.41 Å². The molecular weight excluding hydrogens is 277 g/mol. The molecule has 2 rings (SSSR count). The molecule has 0 saturated carbocycles. The third-order valence-corrected chi connectivity index (χ3v) is 3.43. The van der Waals surface area contributed by atoms with Gasteiger partial charge >= 0.3 is 0 Å². The Bertz CT molecular complexity index is 366. The summed E-state index contributed by atoms with van der Waals surface area (Å²) in [7, 11) is 0. The van der Waals surface area contributed by atoms with Crippen molar-refractivity contribution in [2.45, 2.75) is 6.92 Å². The highest BCUT2D eigenvalue weighted by atomic mass is 79.9. The summed E-state index contributed by atoms with van der Waals surface area (Å²) < 4.78 is 6.20. The molecule has 1 fully saturated rings. The van der Waals surface area contributed by atoms with Gasteiger partial charge in [-0.2, -0.15) is 0 Å². The van der Waals surface area contributed by atoms with Gasteiger partial charge in [0.1, 0.15) is 0 Å². The SMILES string of the molecule is CC1(CNc2ccc(Cl)cc2Br)COC1. The van der Waals surface area contributed by atoms with Crippen molar-refractivity contribution in [2.24, 2.45) is 5.41 Å². The van der Waals surface area contributed by atoms with E-state index >= 15 is 0 Å². The zero-order valence-electron chi connectivity index (χ0n) is 8.52. The van der Waals surface area contributed by atoms with Gasteiger partial charge in [0, 0.05) is 27.1 Å². The summed E-state index contributed by atoms with van der Waals surface area (Å²) in [6, 6.07) is 5.76. The molecule has 0 radical (unpaired) electrons. The molecule has 2 nitrogen and oxygen atoms in total. The molecule has 1 heterocycles. The Morgan fingerprint density at radius 1 is 1.53 bits per heavy atom. The monoisotopic (exact) mass is 289 g/mol. The maximum absolute atomic E-state index is 5.87. The van der Waals surface area contributed by atoms with E-state index in [4.69, 9.17) is 16.3 Å². The summed E-state index contributed by atoms with van der Waals surface area (Å²) in [6.45, 7) is 4.82. The van der Waals surface area contributed by atoms with Crippen molar-refractivity contribution < 1.29 is 4.74 Å². The minimum absolute atomic E-state index is 0.277. The van der Waals surface area contributed by atoms with Crippen LogP contribution in [0.1, 0.15) is 6.92 Å². The van der Waals surface area contributed by atoms with Gasteiger partial charge in [-0.05, 0) is 34.1 Å². The third-order valence-electron chi connectivity index (χ3n) is 2.54. The highest BCUT2D eigenvalue weighted by Crippen LogP contribution is 2.30. The highest BCUT2D eigenvalue weighted by Gasteiger charge is 2.32. The topological polar surface area (TPSA) is 21.3 Å². The van der Waals surface area contributed by atoms with Crippen LogP contribution in [0.2, 0.25) is 5.02 Å². The predicted molar refractivity (Wildman–Crippen MR) is 66.6 cm³/mol. The van der Waals surface area contributed by atoms with E-state index in [1.807, 2.05) is 18.2 Å². The van der Waals surface area contributed by atoms with Crippen LogP contribution in [-0.4, -0.2) is 19.8 Å². The second-order valence-corrected chi connectivity index (χ2v) is 5.57. The van der Waals surface area contributed by atoms with Crippen LogP contribution in [0.15, 0.2) is 22.7 Å². The van der Waals surface area contributed by atoms with E-state index in [1.54, 1.807) is 0 Å². The van der Waals surface area contributed by atoms with Crippen molar-refractivity contribution in [2.75, 3.05) is 25.1 Å². The quantitative estimate of drug-likeness (QED) is 0.919. The van der Waals surface area contributed by atoms with E-state index in [9.17, 15) is 0 Å². The average Bonchev–Trinajstić information content (AvgIpc) is 2.14. The Kier molecular flexibility index (Phi) is 3.24. The smallest absolute Gasteiger partial charge is 0.0559 e. The first-order valence-electron chi connectivity index (χ1n) is 4.86. The second-order valence-electron chi connectivity index (χ2n) is 4.28. The molecule has 1 aliphatic rings. The first-order valence-corrected chi connectivity index (χ1v) is 6.03. The molecule has 0 aromatic heterocycles. The lowest BCUT2D eigenvalue weighted by Gasteiger charge is -2.38. The van der Waals surface area contributed by atoms with Crippen molar-refractivity contribution >= 4 is 33.2 Å². The van der Waals surface area contributed by atoms with E-state index in [0.29, 0.717) is 0 Å². The Hall–Kier alpha value is -0.250. The van der Waals surface area contributed by atoms with E-state index in [2.05, 4.69) is 28.2 Å². The number of rotatable bonds is 3. The summed E-state index contributed by atoms with van der Waals surface area (Å²) >= 11 is 9.34. The van der Waals surface area contributed by atoms with E-state index in [0.717, 1.165) is 34.9 Å². The highest BCUT2D eigenvalue weighted by molar-refractivity contribution is 9.10. The minimum atomic E-state index is 0.277. The predicted octanol–water partition coefficient (Wildman–Crippen LogP) is 3.55. The molecule has 1 aromatic carbocycles. The zero-order valence-corrected chi connectivity index (χ0v) is 10.9. The van der Waals surface area contributed by atoms with Crippen LogP contribution in [0.25, 0.3) is 0 Å². The number of halogens is 2. The van der Waals surface area contributed by atoms with Crippen LogP contribution in [0.5, 0.6) is 0 Å². The van der Waals surface area contributed by atoms with Gasteiger partial charge in [-0.15, -0.1) is 0 Å². The fourth-order valence-corrected chi connectivity index (χ4v) is 2.32. The fraction of sp³-hybridized carbons (Fsp3) is 0.455. The summed E-state index contributed by atoms with van der Waals surface area (Å²) in [6.07, 6.45) is 0. The Balaban J connectivity index is 1.98. The minimum Gasteiger partial charge on any atom is -0.383 e. The van der Waals surface area contributed by atoms with Crippen LogP contribution in [-0.2, 0) is 4.74 Å². The molecule has 1 aliphatic heterocycles. The van der Waals surface area contributed by atoms with Crippen molar-refractivity contribution in [3.8, 4) is 0 Å². The molecule has 0 bridgehead atoms. The number of hydrogen-bond acceptors (Lipinski definition) is 2. The summed E-state index contributed by atoms with van der Waals surface area (Å²) in [4.78, 5) is 0. The van der Waals surface area contributed by atoms with Gasteiger partial charge in [0.2, 0.25) is 0 Å². The molecule has 1 aromatic rings. The zero-order chi connectivity index (χ0) is 10.9. The molecule has 4 heteroatoms. The molecular formula is C11H13BrClNO. The van der Waals surface area contributed by atoms with Crippen molar-refractivity contribution in [1.29, 1.82) is 0 Å². The molecule has 82 valence electrons. The van der Waals surface area contributed by atoms with Gasteiger partial charge in [0.05, 0.1) is 13.2 Å². The third kappa shape index (κ3) is 2.65. The largest absolute Gasteiger partial charge is 0.383 e. The van der Waals surface area contributed by atoms with Crippen LogP contribution >= 0.6 is 27.5 Å². The van der Waals surface area contributed by atoms with Crippen LogP contribution in [0.4, 0.5) is 5.69 Å². The van der Waals surface area contributed by atoms with Gasteiger partial charge in [0.15, 0.2) is 0 Å². The summed E-state index contributed by atoms with van der Waals surface area (Å²) in [5, 5.41) is 4.14. The van der Waals surface area contributed by atoms with Crippen molar-refractivity contribution in [3.05, 3.63) is 27.7 Å². The molecule has 1 saturated heterocycles. The van der Waals surface area contributed by atoms with Crippen molar-refractivity contribution in [3.63, 3.8) is 0 Å². The Morgan fingerprint density at radius 3 is 2.80 bits per heavy atom. The molecule has 0 aliphatic carbocycles. The van der Waals surface area contributed by atoms with E-state index < -0.39 is 0 Å². The average molecular weight is 291 g/mol. The lowest BCUT2D eigenvalue weighted by Crippen LogP contribution is -2.45. The van der Waals surface area contributed by atoms with Crippen LogP contribution in [0, 0.1) is 5.41 Å². The number of nitrogens with one attached hydrogen (secondary N) is 1. The van der Waals surface area contributed by atoms with Crippen LogP contribution < -0.4 is 5.32 Å². The second kappa shape index (κ2) is 4.32. The number of hydrogen-bond donors (Lipinski definition) is 1. The number of ether oxygens (including phenoxy) is 1. The van der Waals surface area contributed by atoms with E-state index in [1.165, 1.54) is 0 Å². The molecule has 1 N–H and O–H groups in total. The summed E-state index contributed by atoms with van der Waals surface area (Å²) in [5.41, 5.74) is 1.35. The molecule has 0 unspecified atom stereocenters. The van der Waals surface area contributed by atoms with Crippen molar-refractivity contribution in [1.82, 2.24) is 0 Å². The van der Waals surface area contributed by atoms with Gasteiger partial charge in [-0.3, -0.25) is 0 Å². The number of anilines is 1. The summed E-state index contributed by atoms with van der Waals surface area (Å²) in [5.74, 6) is 0. The maximum Gasteiger partial charge on any atom is 0.0559 e. The molecule has 15 heavy (non-hydrogen) atoms.